The lowest BCUT2D eigenvalue weighted by molar-refractivity contribution is -0.145. The van der Waals surface area contributed by atoms with E-state index in [4.69, 9.17) is 4.74 Å². The molecule has 0 aliphatic carbocycles. The molecule has 0 saturated heterocycles. The number of amides is 2. The van der Waals surface area contributed by atoms with Crippen molar-refractivity contribution in [1.82, 2.24) is 10.6 Å². The Labute approximate surface area is 170 Å². The number of anilines is 1. The zero-order valence-electron chi connectivity index (χ0n) is 16.8. The van der Waals surface area contributed by atoms with Crippen LogP contribution in [-0.2, 0) is 25.7 Å². The van der Waals surface area contributed by atoms with E-state index in [2.05, 4.69) is 10.6 Å². The van der Waals surface area contributed by atoms with Gasteiger partial charge in [0.1, 0.15) is 5.70 Å². The summed E-state index contributed by atoms with van der Waals surface area (Å²) >= 11 is 0. The first-order chi connectivity index (χ1) is 13.8. The van der Waals surface area contributed by atoms with Gasteiger partial charge in [0.15, 0.2) is 6.61 Å². The molecule has 152 valence electrons. The number of rotatable bonds is 8. The highest BCUT2D eigenvalue weighted by atomic mass is 16.5. The third kappa shape index (κ3) is 7.50. The van der Waals surface area contributed by atoms with Crippen molar-refractivity contribution in [3.8, 4) is 0 Å². The van der Waals surface area contributed by atoms with Crippen LogP contribution in [-0.4, -0.2) is 38.5 Å². The molecule has 0 aliphatic rings. The van der Waals surface area contributed by atoms with Crippen molar-refractivity contribution in [2.45, 2.75) is 13.5 Å². The molecule has 7 nitrogen and oxygen atoms in total. The lowest BCUT2D eigenvalue weighted by Crippen LogP contribution is -2.31. The van der Waals surface area contributed by atoms with Gasteiger partial charge in [-0.25, -0.2) is 4.79 Å². The fourth-order valence-electron chi connectivity index (χ4n) is 2.42. The minimum absolute atomic E-state index is 0.0317. The number of hydrogen-bond donors (Lipinski definition) is 2. The van der Waals surface area contributed by atoms with Crippen molar-refractivity contribution in [2.24, 2.45) is 0 Å². The van der Waals surface area contributed by atoms with Gasteiger partial charge >= 0.3 is 5.97 Å². The standard InChI is InChI=1S/C22H25N3O4/c1-16(26)24-20(13-17-7-5-4-6-8-17)22(28)29-15-21(27)23-14-18-9-11-19(12-10-18)25(2)3/h4-13H,14-15H2,1-3H3,(H,23,27)(H,24,26)/b20-13-. The molecule has 7 heteroatoms. The van der Waals surface area contributed by atoms with Gasteiger partial charge in [0, 0.05) is 33.3 Å². The van der Waals surface area contributed by atoms with Crippen LogP contribution in [0.5, 0.6) is 0 Å². The Balaban J connectivity index is 1.89. The average molecular weight is 395 g/mol. The van der Waals surface area contributed by atoms with Gasteiger partial charge in [-0.3, -0.25) is 9.59 Å². The molecule has 0 unspecified atom stereocenters. The molecule has 0 aromatic heterocycles. The van der Waals surface area contributed by atoms with Gasteiger partial charge in [-0.15, -0.1) is 0 Å². The summed E-state index contributed by atoms with van der Waals surface area (Å²) in [6.07, 6.45) is 1.49. The van der Waals surface area contributed by atoms with Gasteiger partial charge in [0.05, 0.1) is 0 Å². The van der Waals surface area contributed by atoms with Crippen LogP contribution in [0.15, 0.2) is 60.3 Å². The van der Waals surface area contributed by atoms with Crippen molar-refractivity contribution in [1.29, 1.82) is 0 Å². The number of ether oxygens (including phenoxy) is 1. The third-order valence-electron chi connectivity index (χ3n) is 3.92. The van der Waals surface area contributed by atoms with Crippen LogP contribution < -0.4 is 15.5 Å². The number of benzene rings is 2. The normalized spacial score (nSPS) is 10.8. The van der Waals surface area contributed by atoms with Crippen LogP contribution in [0.25, 0.3) is 6.08 Å². The molecule has 0 fully saturated rings. The summed E-state index contributed by atoms with van der Waals surface area (Å²) in [5.41, 5.74) is 2.68. The smallest absolute Gasteiger partial charge is 0.355 e. The molecule has 29 heavy (non-hydrogen) atoms. The molecule has 2 rings (SSSR count). The van der Waals surface area contributed by atoms with Gasteiger partial charge in [-0.05, 0) is 29.3 Å². The Hall–Kier alpha value is -3.61. The Morgan fingerprint density at radius 1 is 1.00 bits per heavy atom. The maximum atomic E-state index is 12.3. The number of carbonyl (C=O) groups excluding carboxylic acids is 3. The summed E-state index contributed by atoms with van der Waals surface area (Å²) in [4.78, 5) is 37.6. The highest BCUT2D eigenvalue weighted by molar-refractivity contribution is 5.98. The van der Waals surface area contributed by atoms with E-state index in [1.165, 1.54) is 13.0 Å². The Morgan fingerprint density at radius 3 is 2.24 bits per heavy atom. The van der Waals surface area contributed by atoms with Crippen molar-refractivity contribution in [3.05, 3.63) is 71.4 Å². The molecular formula is C22H25N3O4. The first-order valence-electron chi connectivity index (χ1n) is 9.09. The Morgan fingerprint density at radius 2 is 1.66 bits per heavy atom. The number of nitrogens with one attached hydrogen (secondary N) is 2. The fourth-order valence-corrected chi connectivity index (χ4v) is 2.42. The molecular weight excluding hydrogens is 370 g/mol. The molecule has 2 aromatic rings. The highest BCUT2D eigenvalue weighted by Gasteiger charge is 2.15. The second-order valence-electron chi connectivity index (χ2n) is 6.56. The molecule has 0 spiro atoms. The maximum Gasteiger partial charge on any atom is 0.355 e. The zero-order valence-corrected chi connectivity index (χ0v) is 16.8. The van der Waals surface area contributed by atoms with Crippen LogP contribution in [0.4, 0.5) is 5.69 Å². The van der Waals surface area contributed by atoms with E-state index >= 15 is 0 Å². The lowest BCUT2D eigenvalue weighted by Gasteiger charge is -2.13. The SMILES string of the molecule is CC(=O)N/C(=C\c1ccccc1)C(=O)OCC(=O)NCc1ccc(N(C)C)cc1. The monoisotopic (exact) mass is 395 g/mol. The minimum Gasteiger partial charge on any atom is -0.451 e. The predicted molar refractivity (Wildman–Crippen MR) is 112 cm³/mol. The number of hydrogen-bond acceptors (Lipinski definition) is 5. The highest BCUT2D eigenvalue weighted by Crippen LogP contribution is 2.12. The van der Waals surface area contributed by atoms with Crippen molar-refractivity contribution in [2.75, 3.05) is 25.6 Å². The molecule has 2 N–H and O–H groups in total. The number of nitrogens with zero attached hydrogens (tertiary/aromatic N) is 1. The maximum absolute atomic E-state index is 12.3. The summed E-state index contributed by atoms with van der Waals surface area (Å²) < 4.78 is 5.04. The average Bonchev–Trinajstić information content (AvgIpc) is 2.70. The van der Waals surface area contributed by atoms with Crippen LogP contribution in [0.1, 0.15) is 18.1 Å². The molecule has 0 bridgehead atoms. The number of esters is 1. The van der Waals surface area contributed by atoms with Crippen molar-refractivity contribution < 1.29 is 19.1 Å². The summed E-state index contributed by atoms with van der Waals surface area (Å²) in [5.74, 6) is -1.62. The quantitative estimate of drug-likeness (QED) is 0.528. The van der Waals surface area contributed by atoms with E-state index in [1.807, 2.05) is 49.3 Å². The van der Waals surface area contributed by atoms with E-state index in [0.717, 1.165) is 16.8 Å². The molecule has 0 radical (unpaired) electrons. The number of carbonyl (C=O) groups is 3. The van der Waals surface area contributed by atoms with Gasteiger partial charge < -0.3 is 20.3 Å². The van der Waals surface area contributed by atoms with Gasteiger partial charge in [-0.2, -0.15) is 0 Å². The first kappa shape index (κ1) is 21.7. The predicted octanol–water partition coefficient (Wildman–Crippen LogP) is 2.09. The summed E-state index contributed by atoms with van der Waals surface area (Å²) in [6, 6.07) is 16.8. The van der Waals surface area contributed by atoms with Gasteiger partial charge in [0.2, 0.25) is 5.91 Å². The fraction of sp³-hybridized carbons (Fsp3) is 0.227. The van der Waals surface area contributed by atoms with E-state index in [0.29, 0.717) is 6.54 Å². The van der Waals surface area contributed by atoms with Gasteiger partial charge in [-0.1, -0.05) is 42.5 Å². The second kappa shape index (κ2) is 10.7. The summed E-state index contributed by atoms with van der Waals surface area (Å²) in [6.45, 7) is 1.17. The van der Waals surface area contributed by atoms with E-state index in [-0.39, 0.29) is 5.70 Å². The molecule has 2 amide bonds. The molecule has 2 aromatic carbocycles. The minimum atomic E-state index is -0.783. The molecule has 0 atom stereocenters. The lowest BCUT2D eigenvalue weighted by atomic mass is 10.2. The zero-order chi connectivity index (χ0) is 21.2. The van der Waals surface area contributed by atoms with Gasteiger partial charge in [0.25, 0.3) is 5.91 Å². The van der Waals surface area contributed by atoms with Crippen LogP contribution in [0.3, 0.4) is 0 Å². The van der Waals surface area contributed by atoms with Crippen molar-refractivity contribution in [3.63, 3.8) is 0 Å². The first-order valence-corrected chi connectivity index (χ1v) is 9.09. The molecule has 0 aliphatic heterocycles. The molecule has 0 saturated carbocycles. The van der Waals surface area contributed by atoms with E-state index in [1.54, 1.807) is 24.3 Å². The Bertz CT molecular complexity index is 875. The van der Waals surface area contributed by atoms with Crippen LogP contribution in [0.2, 0.25) is 0 Å². The van der Waals surface area contributed by atoms with E-state index < -0.39 is 24.4 Å². The molecule has 0 heterocycles. The summed E-state index contributed by atoms with van der Waals surface area (Å²) in [7, 11) is 3.90. The Kier molecular flexibility index (Phi) is 7.97. The topological polar surface area (TPSA) is 87.7 Å². The largest absolute Gasteiger partial charge is 0.451 e. The van der Waals surface area contributed by atoms with Crippen molar-refractivity contribution >= 4 is 29.5 Å². The summed E-state index contributed by atoms with van der Waals surface area (Å²) in [5, 5.41) is 5.13. The van der Waals surface area contributed by atoms with Crippen LogP contribution in [0, 0.1) is 0 Å². The second-order valence-corrected chi connectivity index (χ2v) is 6.56. The van der Waals surface area contributed by atoms with E-state index in [9.17, 15) is 14.4 Å². The van der Waals surface area contributed by atoms with Crippen LogP contribution >= 0.6 is 0 Å². The third-order valence-corrected chi connectivity index (χ3v) is 3.92.